The molecule has 26 heavy (non-hydrogen) atoms. The zero-order valence-corrected chi connectivity index (χ0v) is 15.7. The first-order valence-electron chi connectivity index (χ1n) is 8.47. The molecule has 1 amide bonds. The number of rotatable bonds is 4. The second kappa shape index (κ2) is 7.37. The highest BCUT2D eigenvalue weighted by Gasteiger charge is 2.27. The summed E-state index contributed by atoms with van der Waals surface area (Å²) in [5.74, 6) is 0.566. The minimum atomic E-state index is -3.32. The van der Waals surface area contributed by atoms with Crippen LogP contribution in [0.1, 0.15) is 28.8 Å². The first-order valence-corrected chi connectivity index (χ1v) is 10.1. The van der Waals surface area contributed by atoms with Crippen LogP contribution in [0.5, 0.6) is 5.75 Å². The van der Waals surface area contributed by atoms with Crippen LogP contribution in [0.25, 0.3) is 0 Å². The Hall–Kier alpha value is -2.54. The molecule has 0 saturated carbocycles. The molecule has 1 aliphatic rings. The summed E-state index contributed by atoms with van der Waals surface area (Å²) < 4.78 is 31.3. The van der Waals surface area contributed by atoms with Gasteiger partial charge >= 0.3 is 0 Å². The first-order chi connectivity index (χ1) is 12.4. The molecular formula is C19H22N2O4S. The van der Waals surface area contributed by atoms with Gasteiger partial charge in [-0.25, -0.2) is 8.42 Å². The fourth-order valence-corrected chi connectivity index (χ4v) is 4.65. The predicted octanol–water partition coefficient (Wildman–Crippen LogP) is 3.19. The van der Waals surface area contributed by atoms with E-state index in [0.717, 1.165) is 12.0 Å². The first kappa shape index (κ1) is 18.3. The molecule has 0 spiro atoms. The third-order valence-corrected chi connectivity index (χ3v) is 6.29. The van der Waals surface area contributed by atoms with E-state index in [1.54, 1.807) is 49.6 Å². The van der Waals surface area contributed by atoms with Gasteiger partial charge in [0.05, 0.1) is 18.6 Å². The number of carbonyl (C=O) groups excluding carboxylic acids is 1. The maximum Gasteiger partial charge on any atom is 0.255 e. The molecule has 0 bridgehead atoms. The van der Waals surface area contributed by atoms with E-state index in [1.807, 2.05) is 6.92 Å². The highest BCUT2D eigenvalue weighted by Crippen LogP contribution is 2.28. The number of methoxy groups -OCH3 is 1. The molecule has 7 heteroatoms. The van der Waals surface area contributed by atoms with Gasteiger partial charge in [-0.15, -0.1) is 0 Å². The largest absolute Gasteiger partial charge is 0.497 e. The molecule has 0 unspecified atom stereocenters. The lowest BCUT2D eigenvalue weighted by Crippen LogP contribution is -2.38. The van der Waals surface area contributed by atoms with Crippen molar-refractivity contribution in [1.29, 1.82) is 0 Å². The molecule has 2 aromatic rings. The lowest BCUT2D eigenvalue weighted by atomic mass is 10.1. The summed E-state index contributed by atoms with van der Waals surface area (Å²) in [4.78, 5) is 12.6. The van der Waals surface area contributed by atoms with Crippen molar-refractivity contribution in [2.45, 2.75) is 19.8 Å². The number of nitrogens with zero attached hydrogens (tertiary/aromatic N) is 1. The smallest absolute Gasteiger partial charge is 0.255 e. The molecular weight excluding hydrogens is 352 g/mol. The van der Waals surface area contributed by atoms with E-state index >= 15 is 0 Å². The van der Waals surface area contributed by atoms with Gasteiger partial charge in [0, 0.05) is 17.8 Å². The molecule has 0 atom stereocenters. The van der Waals surface area contributed by atoms with E-state index in [-0.39, 0.29) is 11.7 Å². The molecule has 0 aromatic heterocycles. The maximum atomic E-state index is 12.6. The SMILES string of the molecule is COc1ccc(NC(=O)c2ccc(C)c(N3CCCCS3(=O)=O)c2)cc1. The average Bonchev–Trinajstić information content (AvgIpc) is 2.63. The molecule has 1 heterocycles. The average molecular weight is 374 g/mol. The van der Waals surface area contributed by atoms with Crippen LogP contribution >= 0.6 is 0 Å². The van der Waals surface area contributed by atoms with Crippen LogP contribution in [-0.2, 0) is 10.0 Å². The molecule has 3 rings (SSSR count). The Bertz CT molecular complexity index is 908. The molecule has 1 aliphatic heterocycles. The molecule has 1 N–H and O–H groups in total. The zero-order chi connectivity index (χ0) is 18.7. The van der Waals surface area contributed by atoms with E-state index < -0.39 is 10.0 Å². The van der Waals surface area contributed by atoms with Gasteiger partial charge in [-0.1, -0.05) is 6.07 Å². The number of ether oxygens (including phenoxy) is 1. The number of benzene rings is 2. The van der Waals surface area contributed by atoms with Crippen LogP contribution in [0.2, 0.25) is 0 Å². The number of amides is 1. The lowest BCUT2D eigenvalue weighted by Gasteiger charge is -2.29. The zero-order valence-electron chi connectivity index (χ0n) is 14.9. The highest BCUT2D eigenvalue weighted by molar-refractivity contribution is 7.92. The summed E-state index contributed by atoms with van der Waals surface area (Å²) in [6.45, 7) is 2.30. The Morgan fingerprint density at radius 3 is 2.50 bits per heavy atom. The predicted molar refractivity (Wildman–Crippen MR) is 102 cm³/mol. The number of aryl methyl sites for hydroxylation is 1. The Morgan fingerprint density at radius 2 is 1.85 bits per heavy atom. The van der Waals surface area contributed by atoms with Gasteiger partial charge in [-0.2, -0.15) is 0 Å². The van der Waals surface area contributed by atoms with Crippen molar-refractivity contribution in [3.63, 3.8) is 0 Å². The van der Waals surface area contributed by atoms with Gasteiger partial charge in [0.1, 0.15) is 5.75 Å². The second-order valence-electron chi connectivity index (χ2n) is 6.28. The fourth-order valence-electron chi connectivity index (χ4n) is 2.96. The molecule has 1 fully saturated rings. The van der Waals surface area contributed by atoms with Gasteiger partial charge < -0.3 is 10.1 Å². The number of carbonyl (C=O) groups is 1. The fraction of sp³-hybridized carbons (Fsp3) is 0.316. The second-order valence-corrected chi connectivity index (χ2v) is 8.29. The van der Waals surface area contributed by atoms with Crippen LogP contribution in [0.4, 0.5) is 11.4 Å². The third-order valence-electron chi connectivity index (χ3n) is 4.44. The molecule has 6 nitrogen and oxygen atoms in total. The van der Waals surface area contributed by atoms with Crippen molar-refractivity contribution in [2.24, 2.45) is 0 Å². The van der Waals surface area contributed by atoms with Crippen molar-refractivity contribution >= 4 is 27.3 Å². The van der Waals surface area contributed by atoms with Gasteiger partial charge in [0.15, 0.2) is 0 Å². The Kier molecular flexibility index (Phi) is 5.18. The summed E-state index contributed by atoms with van der Waals surface area (Å²) in [5, 5.41) is 2.82. The molecule has 2 aromatic carbocycles. The van der Waals surface area contributed by atoms with E-state index in [4.69, 9.17) is 4.74 Å². The van der Waals surface area contributed by atoms with Gasteiger partial charge in [0.25, 0.3) is 5.91 Å². The quantitative estimate of drug-likeness (QED) is 0.892. The Balaban J connectivity index is 1.85. The number of nitrogens with one attached hydrogen (secondary N) is 1. The number of anilines is 2. The van der Waals surface area contributed by atoms with Crippen molar-refractivity contribution in [3.8, 4) is 5.75 Å². The summed E-state index contributed by atoms with van der Waals surface area (Å²) in [5.41, 5.74) is 2.47. The van der Waals surface area contributed by atoms with Crippen LogP contribution in [-0.4, -0.2) is 33.7 Å². The number of hydrogen-bond acceptors (Lipinski definition) is 4. The Labute approximate surface area is 153 Å². The molecule has 138 valence electrons. The highest BCUT2D eigenvalue weighted by atomic mass is 32.2. The monoisotopic (exact) mass is 374 g/mol. The molecule has 0 aliphatic carbocycles. The lowest BCUT2D eigenvalue weighted by molar-refractivity contribution is 0.102. The van der Waals surface area contributed by atoms with Gasteiger partial charge in [-0.3, -0.25) is 9.10 Å². The minimum Gasteiger partial charge on any atom is -0.497 e. The summed E-state index contributed by atoms with van der Waals surface area (Å²) in [6.07, 6.45) is 1.50. The summed E-state index contributed by atoms with van der Waals surface area (Å²) in [6, 6.07) is 12.2. The van der Waals surface area contributed by atoms with Crippen molar-refractivity contribution in [3.05, 3.63) is 53.6 Å². The maximum absolute atomic E-state index is 12.6. The van der Waals surface area contributed by atoms with E-state index in [1.165, 1.54) is 4.31 Å². The summed E-state index contributed by atoms with van der Waals surface area (Å²) >= 11 is 0. The molecule has 0 radical (unpaired) electrons. The van der Waals surface area contributed by atoms with Crippen LogP contribution in [0.3, 0.4) is 0 Å². The van der Waals surface area contributed by atoms with Gasteiger partial charge in [0.2, 0.25) is 10.0 Å². The van der Waals surface area contributed by atoms with E-state index in [2.05, 4.69) is 5.32 Å². The van der Waals surface area contributed by atoms with Crippen molar-refractivity contribution < 1.29 is 17.9 Å². The normalized spacial score (nSPS) is 16.2. The van der Waals surface area contributed by atoms with Crippen molar-refractivity contribution in [1.82, 2.24) is 0 Å². The standard InChI is InChI=1S/C19H22N2O4S/c1-14-5-6-15(13-18(14)21-11-3-4-12-26(21,23)24)19(22)20-16-7-9-17(25-2)10-8-16/h5-10,13H,3-4,11-12H2,1-2H3,(H,20,22). The van der Waals surface area contributed by atoms with Crippen LogP contribution in [0.15, 0.2) is 42.5 Å². The number of hydrogen-bond donors (Lipinski definition) is 1. The van der Waals surface area contributed by atoms with E-state index in [9.17, 15) is 13.2 Å². The topological polar surface area (TPSA) is 75.7 Å². The number of sulfonamides is 1. The van der Waals surface area contributed by atoms with Crippen molar-refractivity contribution in [2.75, 3.05) is 29.0 Å². The van der Waals surface area contributed by atoms with Crippen LogP contribution in [0, 0.1) is 6.92 Å². The Morgan fingerprint density at radius 1 is 1.12 bits per heavy atom. The minimum absolute atomic E-state index is 0.148. The molecule has 1 saturated heterocycles. The summed E-state index contributed by atoms with van der Waals surface area (Å²) in [7, 11) is -1.74. The van der Waals surface area contributed by atoms with E-state index in [0.29, 0.717) is 35.7 Å². The van der Waals surface area contributed by atoms with Crippen LogP contribution < -0.4 is 14.4 Å². The third kappa shape index (κ3) is 3.83. The van der Waals surface area contributed by atoms with Gasteiger partial charge in [-0.05, 0) is 61.7 Å².